The van der Waals surface area contributed by atoms with Crippen molar-refractivity contribution in [3.63, 3.8) is 0 Å². The highest BCUT2D eigenvalue weighted by atomic mass is 32.2. The summed E-state index contributed by atoms with van der Waals surface area (Å²) in [4.78, 5) is 0. The van der Waals surface area contributed by atoms with Crippen LogP contribution in [0.15, 0.2) is 0 Å². The molecule has 3 N–H and O–H groups in total. The van der Waals surface area contributed by atoms with Crippen molar-refractivity contribution in [3.8, 4) is 0 Å². The van der Waals surface area contributed by atoms with Gasteiger partial charge in [-0.05, 0) is 18.4 Å². The second kappa shape index (κ2) is 4.98. The summed E-state index contributed by atoms with van der Waals surface area (Å²) < 4.78 is 0. The van der Waals surface area contributed by atoms with E-state index in [1.54, 1.807) is 0 Å². The fraction of sp³-hybridized carbons (Fsp3) is 1.00. The molecule has 0 saturated carbocycles. The fourth-order valence-electron chi connectivity index (χ4n) is 1.23. The van der Waals surface area contributed by atoms with Crippen LogP contribution in [0.4, 0.5) is 0 Å². The molecule has 1 rings (SSSR count). The summed E-state index contributed by atoms with van der Waals surface area (Å²) in [6, 6.07) is 0.450. The third kappa shape index (κ3) is 3.42. The number of piperazine rings is 1. The van der Waals surface area contributed by atoms with Gasteiger partial charge in [-0.1, -0.05) is 0 Å². The molecule has 0 amide bonds. The van der Waals surface area contributed by atoms with Gasteiger partial charge in [0.25, 0.3) is 0 Å². The van der Waals surface area contributed by atoms with E-state index in [0.29, 0.717) is 12.6 Å². The van der Waals surface area contributed by atoms with Crippen molar-refractivity contribution in [1.82, 2.24) is 10.6 Å². The van der Waals surface area contributed by atoms with E-state index in [4.69, 9.17) is 0 Å². The molecule has 0 aliphatic carbocycles. The molecule has 0 aromatic heterocycles. The van der Waals surface area contributed by atoms with Crippen molar-refractivity contribution >= 4 is 11.8 Å². The van der Waals surface area contributed by atoms with Gasteiger partial charge in [-0.2, -0.15) is 11.8 Å². The van der Waals surface area contributed by atoms with Crippen LogP contribution in [0.1, 0.15) is 6.42 Å². The topological polar surface area (TPSA) is 44.3 Å². The molecule has 1 aliphatic heterocycles. The normalized spacial score (nSPS) is 32.2. The number of thioether (sulfide) groups is 1. The zero-order valence-electron chi connectivity index (χ0n) is 6.84. The predicted octanol–water partition coefficient (Wildman–Crippen LogP) is -0.381. The van der Waals surface area contributed by atoms with Crippen molar-refractivity contribution in [2.45, 2.75) is 18.7 Å². The lowest BCUT2D eigenvalue weighted by molar-refractivity contribution is 0.0973. The number of aliphatic hydroxyl groups is 1. The molecule has 0 aromatic carbocycles. The Kier molecular flexibility index (Phi) is 4.22. The van der Waals surface area contributed by atoms with Crippen LogP contribution in [0.3, 0.4) is 0 Å². The Labute approximate surface area is 71.9 Å². The van der Waals surface area contributed by atoms with Gasteiger partial charge in [-0.3, -0.25) is 5.32 Å². The quantitative estimate of drug-likeness (QED) is 0.548. The number of hydrogen-bond acceptors (Lipinski definition) is 4. The summed E-state index contributed by atoms with van der Waals surface area (Å²) in [5, 5.41) is 15.5. The Morgan fingerprint density at radius 2 is 2.36 bits per heavy atom. The van der Waals surface area contributed by atoms with Crippen molar-refractivity contribution < 1.29 is 5.11 Å². The number of rotatable bonds is 3. The SMILES string of the molecule is CSCC[C@@H]1CNCC(O)N1. The first-order chi connectivity index (χ1) is 5.33. The zero-order chi connectivity index (χ0) is 8.10. The Morgan fingerprint density at radius 3 is 3.00 bits per heavy atom. The molecule has 3 nitrogen and oxygen atoms in total. The van der Waals surface area contributed by atoms with Crippen LogP contribution in [-0.2, 0) is 0 Å². The number of nitrogens with one attached hydrogen (secondary N) is 2. The first kappa shape index (κ1) is 9.32. The molecule has 2 atom stereocenters. The van der Waals surface area contributed by atoms with Crippen LogP contribution in [-0.4, -0.2) is 42.5 Å². The van der Waals surface area contributed by atoms with Crippen molar-refractivity contribution in [3.05, 3.63) is 0 Å². The fourth-order valence-corrected chi connectivity index (χ4v) is 1.75. The second-order valence-corrected chi connectivity index (χ2v) is 3.80. The van der Waals surface area contributed by atoms with E-state index in [2.05, 4.69) is 16.9 Å². The highest BCUT2D eigenvalue weighted by Crippen LogP contribution is 2.02. The lowest BCUT2D eigenvalue weighted by Gasteiger charge is -2.28. The highest BCUT2D eigenvalue weighted by Gasteiger charge is 2.17. The molecular formula is C7H16N2OS. The molecule has 4 heteroatoms. The minimum absolute atomic E-state index is 0.351. The molecule has 11 heavy (non-hydrogen) atoms. The van der Waals surface area contributed by atoms with Gasteiger partial charge in [0, 0.05) is 19.1 Å². The molecular weight excluding hydrogens is 160 g/mol. The largest absolute Gasteiger partial charge is 0.377 e. The summed E-state index contributed by atoms with van der Waals surface area (Å²) in [5.41, 5.74) is 0. The Morgan fingerprint density at radius 1 is 1.55 bits per heavy atom. The molecule has 1 aliphatic rings. The molecule has 0 bridgehead atoms. The van der Waals surface area contributed by atoms with Gasteiger partial charge in [-0.15, -0.1) is 0 Å². The van der Waals surface area contributed by atoms with E-state index in [1.807, 2.05) is 11.8 Å². The van der Waals surface area contributed by atoms with E-state index in [9.17, 15) is 5.11 Å². The summed E-state index contributed by atoms with van der Waals surface area (Å²) in [6.45, 7) is 1.66. The molecule has 1 heterocycles. The smallest absolute Gasteiger partial charge is 0.117 e. The Balaban J connectivity index is 2.12. The van der Waals surface area contributed by atoms with E-state index in [-0.39, 0.29) is 6.23 Å². The Bertz CT molecular complexity index is 113. The molecule has 0 radical (unpaired) electrons. The second-order valence-electron chi connectivity index (χ2n) is 2.82. The molecule has 1 fully saturated rings. The lowest BCUT2D eigenvalue weighted by atomic mass is 10.2. The van der Waals surface area contributed by atoms with E-state index in [1.165, 1.54) is 0 Å². The van der Waals surface area contributed by atoms with Gasteiger partial charge in [-0.25, -0.2) is 0 Å². The van der Waals surface area contributed by atoms with E-state index >= 15 is 0 Å². The summed E-state index contributed by atoms with van der Waals surface area (Å²) in [7, 11) is 0. The van der Waals surface area contributed by atoms with Crippen molar-refractivity contribution in [1.29, 1.82) is 0 Å². The third-order valence-electron chi connectivity index (χ3n) is 1.83. The predicted molar refractivity (Wildman–Crippen MR) is 48.8 cm³/mol. The van der Waals surface area contributed by atoms with E-state index < -0.39 is 0 Å². The van der Waals surface area contributed by atoms with Gasteiger partial charge in [0.2, 0.25) is 0 Å². The van der Waals surface area contributed by atoms with Gasteiger partial charge in [0.1, 0.15) is 6.23 Å². The summed E-state index contributed by atoms with van der Waals surface area (Å²) in [6.07, 6.45) is 2.88. The Hall–Kier alpha value is 0.230. The average Bonchev–Trinajstić information content (AvgIpc) is 2.01. The van der Waals surface area contributed by atoms with Gasteiger partial charge < -0.3 is 10.4 Å². The third-order valence-corrected chi connectivity index (χ3v) is 2.47. The molecule has 1 saturated heterocycles. The van der Waals surface area contributed by atoms with Crippen molar-refractivity contribution in [2.75, 3.05) is 25.1 Å². The van der Waals surface area contributed by atoms with Crippen LogP contribution in [0.2, 0.25) is 0 Å². The number of β-amino-alcohol motifs (C(OH)–C–C–N with tert-alkyl or cyclic N) is 1. The maximum Gasteiger partial charge on any atom is 0.117 e. The van der Waals surface area contributed by atoms with Crippen LogP contribution >= 0.6 is 11.8 Å². The molecule has 0 spiro atoms. The van der Waals surface area contributed by atoms with Crippen LogP contribution in [0.5, 0.6) is 0 Å². The molecule has 0 aromatic rings. The maximum atomic E-state index is 9.20. The highest BCUT2D eigenvalue weighted by molar-refractivity contribution is 7.98. The summed E-state index contributed by atoms with van der Waals surface area (Å²) >= 11 is 1.85. The lowest BCUT2D eigenvalue weighted by Crippen LogP contribution is -2.54. The number of aliphatic hydroxyl groups excluding tert-OH is 1. The molecule has 66 valence electrons. The maximum absolute atomic E-state index is 9.20. The van der Waals surface area contributed by atoms with Gasteiger partial charge >= 0.3 is 0 Å². The summed E-state index contributed by atoms with van der Waals surface area (Å²) in [5.74, 6) is 1.16. The average molecular weight is 176 g/mol. The first-order valence-corrected chi connectivity index (χ1v) is 5.36. The van der Waals surface area contributed by atoms with Crippen LogP contribution in [0.25, 0.3) is 0 Å². The van der Waals surface area contributed by atoms with Gasteiger partial charge in [0.05, 0.1) is 0 Å². The van der Waals surface area contributed by atoms with Crippen LogP contribution < -0.4 is 10.6 Å². The monoisotopic (exact) mass is 176 g/mol. The van der Waals surface area contributed by atoms with Gasteiger partial charge in [0.15, 0.2) is 0 Å². The first-order valence-electron chi connectivity index (χ1n) is 3.96. The zero-order valence-corrected chi connectivity index (χ0v) is 7.66. The standard InChI is InChI=1S/C7H16N2OS/c1-11-3-2-6-4-8-5-7(10)9-6/h6-10H,2-5H2,1H3/t6-,7?/m1/s1. The molecule has 1 unspecified atom stereocenters. The van der Waals surface area contributed by atoms with Crippen LogP contribution in [0, 0.1) is 0 Å². The minimum atomic E-state index is -0.351. The number of hydrogen-bond donors (Lipinski definition) is 3. The van der Waals surface area contributed by atoms with Crippen molar-refractivity contribution in [2.24, 2.45) is 0 Å². The van der Waals surface area contributed by atoms with E-state index in [0.717, 1.165) is 18.7 Å². The minimum Gasteiger partial charge on any atom is -0.377 e.